The molecule has 0 aromatic heterocycles. The van der Waals surface area contributed by atoms with Crippen LogP contribution in [-0.4, -0.2) is 26.2 Å². The standard InChI is InChI=1S/C20H23N3O2/c1-15-5-7-17(8-6-15)21-22-18-9-10-19-16(14-18)4-3-12-23(19)13-11-20(24)25-2/h5-10,14H,3-4,11-13H2,1-2H3. The molecule has 5 heteroatoms. The number of anilines is 1. The van der Waals surface area contributed by atoms with Gasteiger partial charge in [0.15, 0.2) is 0 Å². The van der Waals surface area contributed by atoms with Crippen LogP contribution < -0.4 is 4.90 Å². The Kier molecular flexibility index (Phi) is 5.43. The van der Waals surface area contributed by atoms with E-state index >= 15 is 0 Å². The monoisotopic (exact) mass is 337 g/mol. The van der Waals surface area contributed by atoms with Gasteiger partial charge in [0.1, 0.15) is 0 Å². The summed E-state index contributed by atoms with van der Waals surface area (Å²) < 4.78 is 4.74. The Labute approximate surface area is 148 Å². The Morgan fingerprint density at radius 3 is 2.60 bits per heavy atom. The molecule has 0 spiro atoms. The Morgan fingerprint density at radius 1 is 1.12 bits per heavy atom. The molecule has 0 atom stereocenters. The largest absolute Gasteiger partial charge is 0.469 e. The van der Waals surface area contributed by atoms with Gasteiger partial charge in [-0.3, -0.25) is 4.79 Å². The molecule has 0 amide bonds. The summed E-state index contributed by atoms with van der Waals surface area (Å²) in [5.74, 6) is -0.171. The van der Waals surface area contributed by atoms with Gasteiger partial charge in [0.2, 0.25) is 0 Å². The molecule has 0 fully saturated rings. The lowest BCUT2D eigenvalue weighted by atomic mass is 10.0. The van der Waals surface area contributed by atoms with Gasteiger partial charge in [-0.05, 0) is 55.7 Å². The van der Waals surface area contributed by atoms with E-state index in [1.807, 2.05) is 30.3 Å². The van der Waals surface area contributed by atoms with Crippen LogP contribution in [0.3, 0.4) is 0 Å². The number of azo groups is 1. The summed E-state index contributed by atoms with van der Waals surface area (Å²) in [5, 5.41) is 8.67. The number of hydrogen-bond acceptors (Lipinski definition) is 5. The highest BCUT2D eigenvalue weighted by Gasteiger charge is 2.18. The normalized spacial score (nSPS) is 13.8. The van der Waals surface area contributed by atoms with Gasteiger partial charge >= 0.3 is 5.97 Å². The SMILES string of the molecule is COC(=O)CCN1CCCc2cc(N=Nc3ccc(C)cc3)ccc21. The zero-order valence-corrected chi connectivity index (χ0v) is 14.7. The van der Waals surface area contributed by atoms with Crippen molar-refractivity contribution in [1.29, 1.82) is 0 Å². The molecular weight excluding hydrogens is 314 g/mol. The van der Waals surface area contributed by atoms with Crippen LogP contribution in [0.15, 0.2) is 52.7 Å². The Morgan fingerprint density at radius 2 is 1.84 bits per heavy atom. The highest BCUT2D eigenvalue weighted by atomic mass is 16.5. The summed E-state index contributed by atoms with van der Waals surface area (Å²) in [5.41, 5.74) is 5.36. The molecule has 0 bridgehead atoms. The molecule has 1 aliphatic heterocycles. The van der Waals surface area contributed by atoms with E-state index in [4.69, 9.17) is 4.74 Å². The molecule has 5 nitrogen and oxygen atoms in total. The molecule has 2 aromatic rings. The topological polar surface area (TPSA) is 54.3 Å². The fraction of sp³-hybridized carbons (Fsp3) is 0.350. The number of carbonyl (C=O) groups excluding carboxylic acids is 1. The molecule has 130 valence electrons. The number of nitrogens with zero attached hydrogens (tertiary/aromatic N) is 3. The summed E-state index contributed by atoms with van der Waals surface area (Å²) in [4.78, 5) is 13.6. The van der Waals surface area contributed by atoms with Crippen molar-refractivity contribution in [2.45, 2.75) is 26.2 Å². The zero-order chi connectivity index (χ0) is 17.6. The van der Waals surface area contributed by atoms with Crippen molar-refractivity contribution in [2.75, 3.05) is 25.1 Å². The second kappa shape index (κ2) is 7.92. The molecule has 0 saturated carbocycles. The first-order valence-corrected chi connectivity index (χ1v) is 8.59. The average Bonchev–Trinajstić information content (AvgIpc) is 2.65. The van der Waals surface area contributed by atoms with E-state index in [1.54, 1.807) is 0 Å². The van der Waals surface area contributed by atoms with E-state index in [-0.39, 0.29) is 5.97 Å². The van der Waals surface area contributed by atoms with Gasteiger partial charge in [0.25, 0.3) is 0 Å². The first-order chi connectivity index (χ1) is 12.2. The number of methoxy groups -OCH3 is 1. The second-order valence-corrected chi connectivity index (χ2v) is 6.27. The lowest BCUT2D eigenvalue weighted by Crippen LogP contribution is -2.31. The van der Waals surface area contributed by atoms with Crippen LogP contribution in [-0.2, 0) is 16.0 Å². The van der Waals surface area contributed by atoms with Crippen molar-refractivity contribution in [3.05, 3.63) is 53.6 Å². The van der Waals surface area contributed by atoms with E-state index < -0.39 is 0 Å². The summed E-state index contributed by atoms with van der Waals surface area (Å²) in [6.07, 6.45) is 2.51. The molecule has 0 radical (unpaired) electrons. The number of fused-ring (bicyclic) bond motifs is 1. The van der Waals surface area contributed by atoms with Gasteiger partial charge in [-0.15, -0.1) is 0 Å². The smallest absolute Gasteiger partial charge is 0.307 e. The van der Waals surface area contributed by atoms with Crippen molar-refractivity contribution >= 4 is 23.0 Å². The highest BCUT2D eigenvalue weighted by molar-refractivity contribution is 5.70. The van der Waals surface area contributed by atoms with Crippen LogP contribution in [0, 0.1) is 6.92 Å². The molecule has 1 heterocycles. The molecule has 0 aliphatic carbocycles. The van der Waals surface area contributed by atoms with E-state index in [1.165, 1.54) is 23.9 Å². The van der Waals surface area contributed by atoms with Crippen molar-refractivity contribution in [2.24, 2.45) is 10.2 Å². The fourth-order valence-corrected chi connectivity index (χ4v) is 3.01. The molecular formula is C20H23N3O2. The number of rotatable bonds is 5. The number of aryl methyl sites for hydroxylation is 2. The Bertz CT molecular complexity index is 769. The molecule has 0 N–H and O–H groups in total. The van der Waals surface area contributed by atoms with Crippen LogP contribution in [0.25, 0.3) is 0 Å². The van der Waals surface area contributed by atoms with E-state index in [2.05, 4.69) is 34.2 Å². The minimum Gasteiger partial charge on any atom is -0.469 e. The first-order valence-electron chi connectivity index (χ1n) is 8.59. The van der Waals surface area contributed by atoms with Gasteiger partial charge in [-0.1, -0.05) is 17.7 Å². The number of esters is 1. The van der Waals surface area contributed by atoms with Crippen molar-refractivity contribution in [3.8, 4) is 0 Å². The quantitative estimate of drug-likeness (QED) is 0.585. The molecule has 0 saturated heterocycles. The van der Waals surface area contributed by atoms with Crippen molar-refractivity contribution < 1.29 is 9.53 Å². The predicted molar refractivity (Wildman–Crippen MR) is 99.0 cm³/mol. The van der Waals surface area contributed by atoms with Gasteiger partial charge in [0, 0.05) is 18.8 Å². The second-order valence-electron chi connectivity index (χ2n) is 6.27. The number of hydrogen-bond donors (Lipinski definition) is 0. The highest BCUT2D eigenvalue weighted by Crippen LogP contribution is 2.31. The third kappa shape index (κ3) is 4.44. The zero-order valence-electron chi connectivity index (χ0n) is 14.7. The fourth-order valence-electron chi connectivity index (χ4n) is 3.01. The lowest BCUT2D eigenvalue weighted by molar-refractivity contribution is -0.140. The summed E-state index contributed by atoms with van der Waals surface area (Å²) in [6.45, 7) is 3.70. The number of benzene rings is 2. The number of ether oxygens (including phenoxy) is 1. The summed E-state index contributed by atoms with van der Waals surface area (Å²) >= 11 is 0. The Balaban J connectivity index is 1.72. The minimum atomic E-state index is -0.171. The minimum absolute atomic E-state index is 0.171. The molecule has 0 unspecified atom stereocenters. The van der Waals surface area contributed by atoms with E-state index in [9.17, 15) is 4.79 Å². The Hall–Kier alpha value is -2.69. The lowest BCUT2D eigenvalue weighted by Gasteiger charge is -2.31. The first kappa shape index (κ1) is 17.1. The van der Waals surface area contributed by atoms with Crippen LogP contribution >= 0.6 is 0 Å². The number of carbonyl (C=O) groups is 1. The summed E-state index contributed by atoms with van der Waals surface area (Å²) in [6, 6.07) is 14.1. The molecule has 2 aromatic carbocycles. The maximum atomic E-state index is 11.4. The molecule has 25 heavy (non-hydrogen) atoms. The summed E-state index contributed by atoms with van der Waals surface area (Å²) in [7, 11) is 1.43. The maximum absolute atomic E-state index is 11.4. The van der Waals surface area contributed by atoms with Gasteiger partial charge in [-0.2, -0.15) is 10.2 Å². The van der Waals surface area contributed by atoms with Gasteiger partial charge in [-0.25, -0.2) is 0 Å². The van der Waals surface area contributed by atoms with Crippen molar-refractivity contribution in [1.82, 2.24) is 0 Å². The molecule has 1 aliphatic rings. The maximum Gasteiger partial charge on any atom is 0.307 e. The van der Waals surface area contributed by atoms with Crippen LogP contribution in [0.4, 0.5) is 17.1 Å². The molecule has 3 rings (SSSR count). The van der Waals surface area contributed by atoms with Gasteiger partial charge < -0.3 is 9.64 Å². The average molecular weight is 337 g/mol. The van der Waals surface area contributed by atoms with Crippen molar-refractivity contribution in [3.63, 3.8) is 0 Å². The van der Waals surface area contributed by atoms with Crippen LogP contribution in [0.5, 0.6) is 0 Å². The third-order valence-corrected chi connectivity index (χ3v) is 4.41. The van der Waals surface area contributed by atoms with E-state index in [0.29, 0.717) is 13.0 Å². The predicted octanol–water partition coefficient (Wildman–Crippen LogP) is 4.73. The third-order valence-electron chi connectivity index (χ3n) is 4.41. The van der Waals surface area contributed by atoms with Crippen LogP contribution in [0.1, 0.15) is 24.0 Å². The van der Waals surface area contributed by atoms with Gasteiger partial charge in [0.05, 0.1) is 24.9 Å². The van der Waals surface area contributed by atoms with Crippen LogP contribution in [0.2, 0.25) is 0 Å². The van der Waals surface area contributed by atoms with E-state index in [0.717, 1.165) is 30.8 Å².